The summed E-state index contributed by atoms with van der Waals surface area (Å²) in [6, 6.07) is 4.55. The first-order valence-corrected chi connectivity index (χ1v) is 5.23. The molecular weight excluding hydrogens is 193 g/mol. The summed E-state index contributed by atoms with van der Waals surface area (Å²) in [5.74, 6) is -0.0431. The van der Waals surface area contributed by atoms with Crippen LogP contribution in [0.5, 0.6) is 0 Å². The van der Waals surface area contributed by atoms with E-state index in [1.54, 1.807) is 6.07 Å². The number of aliphatic hydroxyl groups is 1. The monoisotopic (exact) mass is 211 g/mol. The predicted molar refractivity (Wildman–Crippen MR) is 59.1 cm³/mol. The third kappa shape index (κ3) is 3.01. The van der Waals surface area contributed by atoms with E-state index < -0.39 is 6.10 Å². The minimum absolute atomic E-state index is 0.271. The molecule has 3 N–H and O–H groups in total. The molecule has 3 heteroatoms. The van der Waals surface area contributed by atoms with Crippen LogP contribution >= 0.6 is 0 Å². The van der Waals surface area contributed by atoms with Crippen molar-refractivity contribution in [2.24, 2.45) is 5.73 Å². The van der Waals surface area contributed by atoms with Crippen molar-refractivity contribution in [2.45, 2.75) is 32.3 Å². The average molecular weight is 211 g/mol. The Hall–Kier alpha value is -0.930. The second kappa shape index (κ2) is 5.24. The molecule has 0 aliphatic heterocycles. The predicted octanol–water partition coefficient (Wildman–Crippen LogP) is 2.33. The van der Waals surface area contributed by atoms with E-state index in [0.717, 1.165) is 5.56 Å². The lowest BCUT2D eigenvalue weighted by Crippen LogP contribution is -2.09. The number of nitrogens with two attached hydrogens (primary N) is 1. The van der Waals surface area contributed by atoms with Crippen LogP contribution in [-0.2, 0) is 0 Å². The van der Waals surface area contributed by atoms with Crippen LogP contribution in [0.4, 0.5) is 4.39 Å². The zero-order valence-electron chi connectivity index (χ0n) is 9.20. The van der Waals surface area contributed by atoms with Gasteiger partial charge in [-0.15, -0.1) is 0 Å². The van der Waals surface area contributed by atoms with Gasteiger partial charge in [0.15, 0.2) is 0 Å². The van der Waals surface area contributed by atoms with Gasteiger partial charge in [0.1, 0.15) is 5.82 Å². The quantitative estimate of drug-likeness (QED) is 0.803. The van der Waals surface area contributed by atoms with Crippen LogP contribution in [0.1, 0.15) is 43.4 Å². The van der Waals surface area contributed by atoms with E-state index in [1.165, 1.54) is 12.1 Å². The SMILES string of the molecule is CC(C)c1ccc(F)cc1C(O)CCN. The van der Waals surface area contributed by atoms with E-state index in [4.69, 9.17) is 5.73 Å². The van der Waals surface area contributed by atoms with Gasteiger partial charge in [-0.2, -0.15) is 0 Å². The van der Waals surface area contributed by atoms with Crippen molar-refractivity contribution >= 4 is 0 Å². The summed E-state index contributed by atoms with van der Waals surface area (Å²) < 4.78 is 13.1. The smallest absolute Gasteiger partial charge is 0.123 e. The molecule has 0 spiro atoms. The second-order valence-electron chi connectivity index (χ2n) is 4.02. The molecule has 0 aromatic heterocycles. The maximum Gasteiger partial charge on any atom is 0.123 e. The molecule has 1 aromatic carbocycles. The van der Waals surface area contributed by atoms with Crippen molar-refractivity contribution < 1.29 is 9.50 Å². The number of rotatable bonds is 4. The number of hydrogen-bond acceptors (Lipinski definition) is 2. The summed E-state index contributed by atoms with van der Waals surface area (Å²) in [5, 5.41) is 9.83. The fourth-order valence-corrected chi connectivity index (χ4v) is 1.67. The molecule has 0 fully saturated rings. The number of benzene rings is 1. The molecule has 0 bridgehead atoms. The van der Waals surface area contributed by atoms with Crippen LogP contribution in [0.3, 0.4) is 0 Å². The average Bonchev–Trinajstić information content (AvgIpc) is 2.17. The molecule has 84 valence electrons. The van der Waals surface area contributed by atoms with Gasteiger partial charge in [-0.05, 0) is 42.1 Å². The highest BCUT2D eigenvalue weighted by atomic mass is 19.1. The molecule has 15 heavy (non-hydrogen) atoms. The van der Waals surface area contributed by atoms with E-state index in [1.807, 2.05) is 13.8 Å². The van der Waals surface area contributed by atoms with Crippen molar-refractivity contribution in [1.29, 1.82) is 0 Å². The van der Waals surface area contributed by atoms with Gasteiger partial charge < -0.3 is 10.8 Å². The number of aliphatic hydroxyl groups excluding tert-OH is 1. The second-order valence-corrected chi connectivity index (χ2v) is 4.02. The molecular formula is C12H18FNO. The first-order valence-electron chi connectivity index (χ1n) is 5.23. The van der Waals surface area contributed by atoms with Crippen molar-refractivity contribution in [3.63, 3.8) is 0 Å². The fourth-order valence-electron chi connectivity index (χ4n) is 1.67. The molecule has 1 rings (SSSR count). The first-order chi connectivity index (χ1) is 7.06. The maximum absolute atomic E-state index is 13.1. The van der Waals surface area contributed by atoms with Crippen LogP contribution in [0.15, 0.2) is 18.2 Å². The molecule has 0 radical (unpaired) electrons. The maximum atomic E-state index is 13.1. The Labute approximate surface area is 89.9 Å². The lowest BCUT2D eigenvalue weighted by molar-refractivity contribution is 0.168. The van der Waals surface area contributed by atoms with Gasteiger partial charge in [-0.3, -0.25) is 0 Å². The minimum atomic E-state index is -0.664. The van der Waals surface area contributed by atoms with Gasteiger partial charge in [0.25, 0.3) is 0 Å². The highest BCUT2D eigenvalue weighted by Crippen LogP contribution is 2.27. The lowest BCUT2D eigenvalue weighted by Gasteiger charge is -2.17. The summed E-state index contributed by atoms with van der Waals surface area (Å²) >= 11 is 0. The zero-order valence-corrected chi connectivity index (χ0v) is 9.20. The Bertz CT molecular complexity index is 325. The van der Waals surface area contributed by atoms with E-state index in [9.17, 15) is 9.50 Å². The standard InChI is InChI=1S/C12H18FNO/c1-8(2)10-4-3-9(13)7-11(10)12(15)5-6-14/h3-4,7-8,12,15H,5-6,14H2,1-2H3. The molecule has 0 aliphatic carbocycles. The largest absolute Gasteiger partial charge is 0.388 e. The third-order valence-electron chi connectivity index (χ3n) is 2.47. The van der Waals surface area contributed by atoms with Gasteiger partial charge in [-0.1, -0.05) is 19.9 Å². The fraction of sp³-hybridized carbons (Fsp3) is 0.500. The van der Waals surface area contributed by atoms with Gasteiger partial charge in [0.2, 0.25) is 0 Å². The Morgan fingerprint density at radius 3 is 2.53 bits per heavy atom. The Balaban J connectivity index is 3.06. The molecule has 0 heterocycles. The van der Waals surface area contributed by atoms with Gasteiger partial charge >= 0.3 is 0 Å². The normalized spacial score (nSPS) is 13.2. The molecule has 0 saturated carbocycles. The Morgan fingerprint density at radius 2 is 2.00 bits per heavy atom. The number of hydrogen-bond donors (Lipinski definition) is 2. The third-order valence-corrected chi connectivity index (χ3v) is 2.47. The van der Waals surface area contributed by atoms with Crippen LogP contribution in [0.25, 0.3) is 0 Å². The van der Waals surface area contributed by atoms with Crippen LogP contribution in [-0.4, -0.2) is 11.7 Å². The van der Waals surface area contributed by atoms with Crippen molar-refractivity contribution in [3.05, 3.63) is 35.1 Å². The highest BCUT2D eigenvalue weighted by Gasteiger charge is 2.14. The molecule has 1 atom stereocenters. The Morgan fingerprint density at radius 1 is 1.33 bits per heavy atom. The molecule has 1 aromatic rings. The van der Waals surface area contributed by atoms with Gasteiger partial charge in [-0.25, -0.2) is 4.39 Å². The topological polar surface area (TPSA) is 46.2 Å². The van der Waals surface area contributed by atoms with Crippen molar-refractivity contribution in [2.75, 3.05) is 6.54 Å². The van der Waals surface area contributed by atoms with Gasteiger partial charge in [0, 0.05) is 0 Å². The van der Waals surface area contributed by atoms with Crippen LogP contribution in [0.2, 0.25) is 0 Å². The molecule has 0 saturated heterocycles. The summed E-state index contributed by atoms with van der Waals surface area (Å²) in [6.45, 7) is 4.44. The number of halogens is 1. The Kier molecular flexibility index (Phi) is 4.24. The molecule has 0 aliphatic rings. The van der Waals surface area contributed by atoms with E-state index in [2.05, 4.69) is 0 Å². The van der Waals surface area contributed by atoms with E-state index >= 15 is 0 Å². The minimum Gasteiger partial charge on any atom is -0.388 e. The summed E-state index contributed by atoms with van der Waals surface area (Å²) in [7, 11) is 0. The zero-order chi connectivity index (χ0) is 11.4. The molecule has 0 amide bonds. The molecule has 2 nitrogen and oxygen atoms in total. The van der Waals surface area contributed by atoms with Crippen LogP contribution < -0.4 is 5.73 Å². The summed E-state index contributed by atoms with van der Waals surface area (Å²) in [6.07, 6.45) is -0.202. The van der Waals surface area contributed by atoms with Crippen molar-refractivity contribution in [1.82, 2.24) is 0 Å². The van der Waals surface area contributed by atoms with E-state index in [0.29, 0.717) is 18.5 Å². The molecule has 1 unspecified atom stereocenters. The van der Waals surface area contributed by atoms with E-state index in [-0.39, 0.29) is 11.7 Å². The van der Waals surface area contributed by atoms with Crippen LogP contribution in [0, 0.1) is 5.82 Å². The first kappa shape index (κ1) is 12.1. The van der Waals surface area contributed by atoms with Crippen molar-refractivity contribution in [3.8, 4) is 0 Å². The van der Waals surface area contributed by atoms with Gasteiger partial charge in [0.05, 0.1) is 6.10 Å². The highest BCUT2D eigenvalue weighted by molar-refractivity contribution is 5.32. The summed E-state index contributed by atoms with van der Waals surface area (Å²) in [5.41, 5.74) is 7.02. The lowest BCUT2D eigenvalue weighted by atomic mass is 9.93. The summed E-state index contributed by atoms with van der Waals surface area (Å²) in [4.78, 5) is 0.